The minimum Gasteiger partial charge on any atom is -0.497 e. The first-order valence-corrected chi connectivity index (χ1v) is 7.60. The Kier molecular flexibility index (Phi) is 4.71. The Hall–Kier alpha value is -0.950. The monoisotopic (exact) mass is 319 g/mol. The van der Waals surface area contributed by atoms with Crippen molar-refractivity contribution in [3.63, 3.8) is 0 Å². The molecule has 0 unspecified atom stereocenters. The quantitative estimate of drug-likeness (QED) is 0.494. The van der Waals surface area contributed by atoms with E-state index in [1.807, 2.05) is 0 Å². The van der Waals surface area contributed by atoms with Crippen molar-refractivity contribution in [2.75, 3.05) is 7.11 Å². The maximum atomic E-state index is 6.03. The summed E-state index contributed by atoms with van der Waals surface area (Å²) in [5, 5.41) is 8.48. The Labute approximate surface area is 121 Å². The zero-order valence-corrected chi connectivity index (χ0v) is 12.3. The largest absolute Gasteiger partial charge is 0.497 e. The Morgan fingerprint density at radius 1 is 1.33 bits per heavy atom. The van der Waals surface area contributed by atoms with Gasteiger partial charge in [0.05, 0.1) is 7.11 Å². The summed E-state index contributed by atoms with van der Waals surface area (Å²) in [7, 11) is 4.20. The van der Waals surface area contributed by atoms with Crippen molar-refractivity contribution in [1.29, 1.82) is 0 Å². The van der Waals surface area contributed by atoms with Crippen LogP contribution in [0.25, 0.3) is 0 Å². The minimum absolute atomic E-state index is 0.284. The topological polar surface area (TPSA) is 46.8 Å². The number of halogens is 2. The van der Waals surface area contributed by atoms with Crippen LogP contribution in [-0.4, -0.2) is 16.7 Å². The lowest BCUT2D eigenvalue weighted by Crippen LogP contribution is -1.95. The van der Waals surface area contributed by atoms with Gasteiger partial charge in [0.1, 0.15) is 5.75 Å². The molecule has 0 bridgehead atoms. The fraction of sp³-hybridized carbons (Fsp3) is 0.100. The van der Waals surface area contributed by atoms with Crippen LogP contribution in [0.2, 0.25) is 5.15 Å². The highest BCUT2D eigenvalue weighted by molar-refractivity contribution is 7.66. The summed E-state index contributed by atoms with van der Waals surface area (Å²) in [6.07, 6.45) is 0. The number of nitrogens with zero attached hydrogens (tertiary/aromatic N) is 3. The van der Waals surface area contributed by atoms with E-state index >= 15 is 0 Å². The molecule has 0 saturated heterocycles. The van der Waals surface area contributed by atoms with Gasteiger partial charge in [-0.05, 0) is 34.6 Å². The van der Waals surface area contributed by atoms with Gasteiger partial charge < -0.3 is 4.74 Å². The second-order valence-corrected chi connectivity index (χ2v) is 5.61. The van der Waals surface area contributed by atoms with Crippen molar-refractivity contribution < 1.29 is 4.74 Å². The first-order chi connectivity index (χ1) is 8.70. The molecule has 1 aromatic heterocycles. The van der Waals surface area contributed by atoms with Gasteiger partial charge in [0, 0.05) is 16.1 Å². The summed E-state index contributed by atoms with van der Waals surface area (Å²) < 4.78 is 9.50. The van der Waals surface area contributed by atoms with Crippen LogP contribution in [0, 0.1) is 0 Å². The molecule has 94 valence electrons. The third-order valence-corrected chi connectivity index (χ3v) is 4.42. The van der Waals surface area contributed by atoms with E-state index < -0.39 is 0 Å². The lowest BCUT2D eigenvalue weighted by Gasteiger charge is -2.00. The number of ether oxygens (including phenoxy) is 1. The van der Waals surface area contributed by atoms with Crippen LogP contribution < -0.4 is 9.41 Å². The molecule has 0 aliphatic rings. The molecule has 0 saturated carbocycles. The van der Waals surface area contributed by atoms with Crippen molar-refractivity contribution in [3.8, 4) is 5.75 Å². The molecule has 0 radical (unpaired) electrons. The third kappa shape index (κ3) is 3.29. The zero-order chi connectivity index (χ0) is 13.0. The van der Waals surface area contributed by atoms with E-state index in [-0.39, 0.29) is 5.17 Å². The second-order valence-electron chi connectivity index (χ2n) is 3.06. The van der Waals surface area contributed by atoms with E-state index in [0.29, 0.717) is 9.82 Å². The van der Waals surface area contributed by atoms with Crippen LogP contribution in [0.4, 0.5) is 0 Å². The van der Waals surface area contributed by atoms with Crippen LogP contribution >= 0.6 is 44.1 Å². The summed E-state index contributed by atoms with van der Waals surface area (Å²) in [6.45, 7) is 0. The highest BCUT2D eigenvalue weighted by Gasteiger charge is 2.01. The summed E-state index contributed by atoms with van der Waals surface area (Å²) >= 11 is 11.8. The maximum Gasteiger partial charge on any atom is 0.188 e. The molecule has 1 heterocycles. The minimum atomic E-state index is 0.284. The van der Waals surface area contributed by atoms with Crippen molar-refractivity contribution in [3.05, 3.63) is 39.7 Å². The molecule has 0 N–H and O–H groups in total. The number of hydrogen-bond donors (Lipinski definition) is 0. The van der Waals surface area contributed by atoms with E-state index in [9.17, 15) is 0 Å². The van der Waals surface area contributed by atoms with Gasteiger partial charge in [-0.1, -0.05) is 23.2 Å². The average molecular weight is 320 g/mol. The van der Waals surface area contributed by atoms with Gasteiger partial charge in [-0.15, -0.1) is 10.2 Å². The molecule has 8 heteroatoms. The Balaban J connectivity index is 2.25. The lowest BCUT2D eigenvalue weighted by molar-refractivity contribution is 0.415. The van der Waals surface area contributed by atoms with Crippen molar-refractivity contribution >= 4 is 49.2 Å². The molecule has 4 nitrogen and oxygen atoms in total. The lowest BCUT2D eigenvalue weighted by atomic mass is 10.2. The predicted molar refractivity (Wildman–Crippen MR) is 75.9 cm³/mol. The first kappa shape index (κ1) is 13.5. The first-order valence-electron chi connectivity index (χ1n) is 4.74. The standard InChI is InChI=1S/C10H7Cl2N3OS2/c1-16-7-4-2-6(3-5-7)8(11)13-14-10-9(12)15-18-17-10/h2-5H,1H3/b13-8-,14-10-. The van der Waals surface area contributed by atoms with E-state index in [0.717, 1.165) is 11.3 Å². The van der Waals surface area contributed by atoms with Crippen LogP contribution in [0.1, 0.15) is 5.56 Å². The molecule has 0 amide bonds. The van der Waals surface area contributed by atoms with E-state index in [4.69, 9.17) is 27.9 Å². The normalized spacial score (nSPS) is 12.8. The van der Waals surface area contributed by atoms with Gasteiger partial charge in [-0.25, -0.2) is 0 Å². The van der Waals surface area contributed by atoms with Gasteiger partial charge >= 0.3 is 0 Å². The number of rotatable bonds is 3. The molecule has 0 spiro atoms. The molecular weight excluding hydrogens is 313 g/mol. The Morgan fingerprint density at radius 3 is 2.61 bits per heavy atom. The molecule has 2 aromatic rings. The highest BCUT2D eigenvalue weighted by atomic mass is 35.5. The van der Waals surface area contributed by atoms with Crippen LogP contribution in [0.5, 0.6) is 5.75 Å². The summed E-state index contributed by atoms with van der Waals surface area (Å²) in [5.41, 5.74) is 0.755. The van der Waals surface area contributed by atoms with Crippen LogP contribution in [0.3, 0.4) is 0 Å². The number of benzene rings is 1. The third-order valence-electron chi connectivity index (χ3n) is 1.97. The smallest absolute Gasteiger partial charge is 0.188 e. The molecule has 1 aromatic carbocycles. The molecule has 0 aliphatic heterocycles. The van der Waals surface area contributed by atoms with E-state index in [2.05, 4.69) is 14.6 Å². The molecule has 0 atom stereocenters. The number of hydrogen-bond acceptors (Lipinski definition) is 6. The van der Waals surface area contributed by atoms with Crippen LogP contribution in [-0.2, 0) is 0 Å². The molecule has 0 aliphatic carbocycles. The maximum absolute atomic E-state index is 6.03. The average Bonchev–Trinajstić information content (AvgIpc) is 2.81. The Morgan fingerprint density at radius 2 is 2.06 bits per heavy atom. The predicted octanol–water partition coefficient (Wildman–Crippen LogP) is 3.37. The van der Waals surface area contributed by atoms with E-state index in [1.165, 1.54) is 20.9 Å². The number of methoxy groups -OCH3 is 1. The number of aromatic nitrogens is 1. The van der Waals surface area contributed by atoms with Gasteiger partial charge in [0.25, 0.3) is 0 Å². The fourth-order valence-corrected chi connectivity index (χ4v) is 3.16. The molecular formula is C10H7Cl2N3OS2. The van der Waals surface area contributed by atoms with Gasteiger partial charge in [0.15, 0.2) is 15.0 Å². The van der Waals surface area contributed by atoms with Gasteiger partial charge in [0.2, 0.25) is 0 Å². The zero-order valence-electron chi connectivity index (χ0n) is 9.13. The van der Waals surface area contributed by atoms with Gasteiger partial charge in [-0.3, -0.25) is 0 Å². The molecule has 0 fully saturated rings. The molecule has 2 rings (SSSR count). The highest BCUT2D eigenvalue weighted by Crippen LogP contribution is 2.13. The Bertz CT molecular complexity index is 619. The fourth-order valence-electron chi connectivity index (χ4n) is 1.09. The summed E-state index contributed by atoms with van der Waals surface area (Å²) in [4.78, 5) is 0. The van der Waals surface area contributed by atoms with E-state index in [1.54, 1.807) is 31.4 Å². The van der Waals surface area contributed by atoms with Crippen LogP contribution in [0.15, 0.2) is 34.5 Å². The second kappa shape index (κ2) is 6.29. The van der Waals surface area contributed by atoms with Crippen molar-refractivity contribution in [2.24, 2.45) is 10.2 Å². The SMILES string of the molecule is COc1ccc(/C(Cl)=N/N=c2\ssnc2Cl)cc1. The summed E-state index contributed by atoms with van der Waals surface area (Å²) in [6, 6.07) is 7.21. The molecule has 18 heavy (non-hydrogen) atoms. The van der Waals surface area contributed by atoms with Crippen molar-refractivity contribution in [2.45, 2.75) is 0 Å². The van der Waals surface area contributed by atoms with Gasteiger partial charge in [-0.2, -0.15) is 4.37 Å². The summed E-state index contributed by atoms with van der Waals surface area (Å²) in [5.74, 6) is 0.757. The van der Waals surface area contributed by atoms with Crippen molar-refractivity contribution in [1.82, 2.24) is 4.37 Å².